The van der Waals surface area contributed by atoms with Gasteiger partial charge in [-0.15, -0.1) is 0 Å². The molecule has 0 bridgehead atoms. The van der Waals surface area contributed by atoms with E-state index in [-0.39, 0.29) is 17.1 Å². The predicted octanol–water partition coefficient (Wildman–Crippen LogP) is 3.90. The minimum atomic E-state index is -3.15. The number of benzene rings is 3. The lowest BCUT2D eigenvalue weighted by atomic mass is 10.0. The molecule has 174 valence electrons. The fourth-order valence-corrected chi connectivity index (χ4v) is 5.92. The maximum Gasteiger partial charge on any atom is 0.262 e. The van der Waals surface area contributed by atoms with E-state index in [0.717, 1.165) is 22.0 Å². The van der Waals surface area contributed by atoms with Gasteiger partial charge in [0.15, 0.2) is 9.84 Å². The highest BCUT2D eigenvalue weighted by Gasteiger charge is 2.29. The third kappa shape index (κ3) is 4.86. The lowest BCUT2D eigenvalue weighted by Crippen LogP contribution is -2.36. The van der Waals surface area contributed by atoms with Crippen LogP contribution in [-0.4, -0.2) is 41.7 Å². The molecule has 8 heteroatoms. The smallest absolute Gasteiger partial charge is 0.262 e. The molecule has 0 spiro atoms. The summed E-state index contributed by atoms with van der Waals surface area (Å²) in [5.41, 5.74) is 2.82. The molecule has 3 aromatic carbocycles. The highest BCUT2D eigenvalue weighted by Crippen LogP contribution is 2.29. The van der Waals surface area contributed by atoms with Crippen molar-refractivity contribution in [2.24, 2.45) is 0 Å². The second kappa shape index (κ2) is 9.20. The Morgan fingerprint density at radius 3 is 2.51 bits per heavy atom. The quantitative estimate of drug-likeness (QED) is 0.343. The van der Waals surface area contributed by atoms with Crippen molar-refractivity contribution in [3.05, 3.63) is 90.1 Å². The third-order valence-corrected chi connectivity index (χ3v) is 7.79. The molecule has 1 fully saturated rings. The van der Waals surface area contributed by atoms with Crippen LogP contribution in [0.3, 0.4) is 0 Å². The van der Waals surface area contributed by atoms with E-state index in [1.165, 1.54) is 6.08 Å². The largest absolute Gasteiger partial charge is 0.348 e. The van der Waals surface area contributed by atoms with Crippen molar-refractivity contribution in [2.75, 3.05) is 11.5 Å². The Kier molecular flexibility index (Phi) is 5.93. The summed E-state index contributed by atoms with van der Waals surface area (Å²) in [4.78, 5) is 12.8. The number of nitrogens with zero attached hydrogens (tertiary/aromatic N) is 3. The molecule has 0 unspecified atom stereocenters. The summed E-state index contributed by atoms with van der Waals surface area (Å²) in [7, 11) is -3.15. The molecular weight excluding hydrogens is 460 g/mol. The van der Waals surface area contributed by atoms with Crippen LogP contribution in [0.15, 0.2) is 84.6 Å². The molecule has 1 aliphatic rings. The highest BCUT2D eigenvalue weighted by molar-refractivity contribution is 7.91. The van der Waals surface area contributed by atoms with Gasteiger partial charge in [-0.1, -0.05) is 54.6 Å². The molecule has 1 atom stereocenters. The number of para-hydroxylation sites is 1. The van der Waals surface area contributed by atoms with E-state index in [9.17, 15) is 18.5 Å². The van der Waals surface area contributed by atoms with Crippen molar-refractivity contribution in [2.45, 2.75) is 12.5 Å². The van der Waals surface area contributed by atoms with Crippen molar-refractivity contribution >= 4 is 32.6 Å². The average molecular weight is 483 g/mol. The number of hydrogen-bond acceptors (Lipinski definition) is 5. The number of sulfone groups is 1. The Morgan fingerprint density at radius 1 is 1.06 bits per heavy atom. The van der Waals surface area contributed by atoms with Gasteiger partial charge < -0.3 is 5.32 Å². The summed E-state index contributed by atoms with van der Waals surface area (Å²) in [5.74, 6) is -0.655. The SMILES string of the molecule is N#C/C(=C/c1cn(-c2ccccc2)nc1-c1ccc2ccccc2c1)C(=O)N[C@H]1CCS(=O)(=O)C1. The van der Waals surface area contributed by atoms with Crippen molar-refractivity contribution < 1.29 is 13.2 Å². The van der Waals surface area contributed by atoms with Gasteiger partial charge in [-0.3, -0.25) is 4.79 Å². The molecule has 1 aliphatic heterocycles. The summed E-state index contributed by atoms with van der Waals surface area (Å²) in [5, 5.41) is 19.4. The Labute approximate surface area is 203 Å². The second-order valence-corrected chi connectivity index (χ2v) is 10.7. The minimum Gasteiger partial charge on any atom is -0.348 e. The molecule has 0 aliphatic carbocycles. The maximum atomic E-state index is 12.8. The first-order valence-corrected chi connectivity index (χ1v) is 13.0. The Hall–Kier alpha value is -4.22. The number of nitrogens with one attached hydrogen (secondary N) is 1. The maximum absolute atomic E-state index is 12.8. The van der Waals surface area contributed by atoms with E-state index in [0.29, 0.717) is 17.7 Å². The van der Waals surface area contributed by atoms with Crippen molar-refractivity contribution in [1.29, 1.82) is 5.26 Å². The van der Waals surface area contributed by atoms with Crippen LogP contribution in [0.5, 0.6) is 0 Å². The van der Waals surface area contributed by atoms with Gasteiger partial charge >= 0.3 is 0 Å². The molecule has 4 aromatic rings. The van der Waals surface area contributed by atoms with E-state index in [1.54, 1.807) is 10.9 Å². The van der Waals surface area contributed by atoms with Crippen LogP contribution in [-0.2, 0) is 14.6 Å². The van der Waals surface area contributed by atoms with Gasteiger partial charge in [-0.25, -0.2) is 13.1 Å². The third-order valence-electron chi connectivity index (χ3n) is 6.02. The van der Waals surface area contributed by atoms with Crippen LogP contribution >= 0.6 is 0 Å². The van der Waals surface area contributed by atoms with Gasteiger partial charge in [0.05, 0.1) is 17.2 Å². The van der Waals surface area contributed by atoms with E-state index in [1.807, 2.05) is 78.9 Å². The Morgan fingerprint density at radius 2 is 1.80 bits per heavy atom. The summed E-state index contributed by atoms with van der Waals surface area (Å²) in [6, 6.07) is 25.1. The number of rotatable bonds is 5. The van der Waals surface area contributed by atoms with Crippen molar-refractivity contribution in [3.63, 3.8) is 0 Å². The van der Waals surface area contributed by atoms with Gasteiger partial charge in [-0.2, -0.15) is 10.4 Å². The highest BCUT2D eigenvalue weighted by atomic mass is 32.2. The number of amides is 1. The summed E-state index contributed by atoms with van der Waals surface area (Å²) < 4.78 is 25.2. The zero-order valence-electron chi connectivity index (χ0n) is 18.8. The number of fused-ring (bicyclic) bond motifs is 1. The topological polar surface area (TPSA) is 105 Å². The summed E-state index contributed by atoms with van der Waals surface area (Å²) in [6.07, 6.45) is 3.64. The minimum absolute atomic E-state index is 0.0412. The first-order chi connectivity index (χ1) is 16.9. The van der Waals surface area contributed by atoms with Gasteiger partial charge in [0.25, 0.3) is 5.91 Å². The molecule has 5 rings (SSSR count). The average Bonchev–Trinajstić information content (AvgIpc) is 3.45. The molecule has 0 radical (unpaired) electrons. The fraction of sp³-hybridized carbons (Fsp3) is 0.148. The second-order valence-electron chi connectivity index (χ2n) is 8.52. The number of hydrogen-bond donors (Lipinski definition) is 1. The van der Waals surface area contributed by atoms with Gasteiger partial charge in [0.1, 0.15) is 17.3 Å². The summed E-state index contributed by atoms with van der Waals surface area (Å²) >= 11 is 0. The Balaban J connectivity index is 1.55. The van der Waals surface area contributed by atoms with Crippen LogP contribution in [0.25, 0.3) is 33.8 Å². The molecule has 1 saturated heterocycles. The monoisotopic (exact) mass is 482 g/mol. The summed E-state index contributed by atoms with van der Waals surface area (Å²) in [6.45, 7) is 0. The molecule has 0 saturated carbocycles. The molecule has 2 heterocycles. The molecule has 1 amide bonds. The Bertz CT molecular complexity index is 1600. The lowest BCUT2D eigenvalue weighted by Gasteiger charge is -2.10. The number of nitriles is 1. The first kappa shape index (κ1) is 22.6. The molecule has 1 aromatic heterocycles. The fourth-order valence-electron chi connectivity index (χ4n) is 4.24. The van der Waals surface area contributed by atoms with Gasteiger partial charge in [0, 0.05) is 23.4 Å². The van der Waals surface area contributed by atoms with Crippen LogP contribution in [0.2, 0.25) is 0 Å². The normalized spacial score (nSPS) is 17.2. The standard InChI is InChI=1S/C27H22N4O3S/c28-16-22(27(32)29-24-12-13-35(33,34)18-24)15-23-17-31(25-8-2-1-3-9-25)30-26(23)21-11-10-19-6-4-5-7-20(19)14-21/h1-11,14-15,17,24H,12-13,18H2,(H,29,32)/b22-15-/t24-/m0/s1. The van der Waals surface area contributed by atoms with Gasteiger partial charge in [-0.05, 0) is 41.5 Å². The van der Waals surface area contributed by atoms with E-state index in [4.69, 9.17) is 5.10 Å². The van der Waals surface area contributed by atoms with Crippen LogP contribution < -0.4 is 5.32 Å². The zero-order chi connectivity index (χ0) is 24.4. The lowest BCUT2D eigenvalue weighted by molar-refractivity contribution is -0.117. The van der Waals surface area contributed by atoms with Gasteiger partial charge in [0.2, 0.25) is 0 Å². The van der Waals surface area contributed by atoms with E-state index >= 15 is 0 Å². The molecule has 7 nitrogen and oxygen atoms in total. The van der Waals surface area contributed by atoms with Crippen LogP contribution in [0.4, 0.5) is 0 Å². The molecule has 35 heavy (non-hydrogen) atoms. The van der Waals surface area contributed by atoms with Crippen LogP contribution in [0, 0.1) is 11.3 Å². The molecular formula is C27H22N4O3S. The van der Waals surface area contributed by atoms with E-state index < -0.39 is 21.8 Å². The zero-order valence-corrected chi connectivity index (χ0v) is 19.6. The predicted molar refractivity (Wildman–Crippen MR) is 135 cm³/mol. The first-order valence-electron chi connectivity index (χ1n) is 11.2. The van der Waals surface area contributed by atoms with Crippen LogP contribution in [0.1, 0.15) is 12.0 Å². The van der Waals surface area contributed by atoms with Crippen molar-refractivity contribution in [3.8, 4) is 23.0 Å². The number of aromatic nitrogens is 2. The number of carbonyl (C=O) groups excluding carboxylic acids is 1. The van der Waals surface area contributed by atoms with Crippen molar-refractivity contribution in [1.82, 2.24) is 15.1 Å². The van der Waals surface area contributed by atoms with E-state index in [2.05, 4.69) is 5.32 Å². The molecule has 1 N–H and O–H groups in total. The number of carbonyl (C=O) groups is 1.